The Morgan fingerprint density at radius 1 is 1.24 bits per heavy atom. The van der Waals surface area contributed by atoms with Crippen LogP contribution in [-0.2, 0) is 13.2 Å². The predicted octanol–water partition coefficient (Wildman–Crippen LogP) is 2.29. The van der Waals surface area contributed by atoms with Crippen molar-refractivity contribution in [3.63, 3.8) is 0 Å². The van der Waals surface area contributed by atoms with Gasteiger partial charge in [0.05, 0.1) is 12.2 Å². The van der Waals surface area contributed by atoms with Crippen molar-refractivity contribution in [1.82, 2.24) is 4.57 Å². The highest BCUT2D eigenvalue weighted by Crippen LogP contribution is 2.22. The molecule has 2 rings (SSSR count). The van der Waals surface area contributed by atoms with Crippen molar-refractivity contribution >= 4 is 10.9 Å². The molecule has 0 saturated heterocycles. The molecular formula is C14H19NO2. The normalized spacial score (nSPS) is 12.2. The summed E-state index contributed by atoms with van der Waals surface area (Å²) in [6, 6.07) is 8.02. The first-order chi connectivity index (χ1) is 8.01. The third-order valence-corrected chi connectivity index (χ3v) is 3.01. The zero-order valence-corrected chi connectivity index (χ0v) is 10.3. The minimum atomic E-state index is -0.662. The number of fused-ring (bicyclic) bond motifs is 1. The first-order valence-electron chi connectivity index (χ1n) is 5.91. The summed E-state index contributed by atoms with van der Waals surface area (Å²) in [4.78, 5) is 0. The van der Waals surface area contributed by atoms with Crippen LogP contribution in [0.1, 0.15) is 25.8 Å². The lowest BCUT2D eigenvalue weighted by atomic mass is 10.1. The molecule has 0 unspecified atom stereocenters. The van der Waals surface area contributed by atoms with Gasteiger partial charge in [-0.1, -0.05) is 18.2 Å². The fourth-order valence-corrected chi connectivity index (χ4v) is 2.03. The number of hydrogen-bond acceptors (Lipinski definition) is 2. The molecule has 0 atom stereocenters. The van der Waals surface area contributed by atoms with Gasteiger partial charge in [-0.05, 0) is 26.3 Å². The molecule has 3 heteroatoms. The monoisotopic (exact) mass is 233 g/mol. The van der Waals surface area contributed by atoms with Crippen molar-refractivity contribution in [3.8, 4) is 0 Å². The highest BCUT2D eigenvalue weighted by Gasteiger charge is 2.14. The van der Waals surface area contributed by atoms with Crippen LogP contribution in [0.3, 0.4) is 0 Å². The molecule has 0 amide bonds. The Labute approximate surface area is 101 Å². The fraction of sp³-hybridized carbons (Fsp3) is 0.429. The second-order valence-corrected chi connectivity index (χ2v) is 5.09. The fourth-order valence-electron chi connectivity index (χ4n) is 2.03. The van der Waals surface area contributed by atoms with E-state index in [1.807, 2.05) is 44.3 Å². The second kappa shape index (κ2) is 4.51. The zero-order valence-electron chi connectivity index (χ0n) is 10.3. The Balaban J connectivity index is 2.34. The summed E-state index contributed by atoms with van der Waals surface area (Å²) in [5.41, 5.74) is 1.39. The van der Waals surface area contributed by atoms with E-state index in [9.17, 15) is 10.2 Å². The van der Waals surface area contributed by atoms with Gasteiger partial charge in [0.2, 0.25) is 0 Å². The van der Waals surface area contributed by atoms with Gasteiger partial charge in [-0.25, -0.2) is 0 Å². The van der Waals surface area contributed by atoms with Crippen molar-refractivity contribution in [3.05, 3.63) is 36.0 Å². The van der Waals surface area contributed by atoms with E-state index in [4.69, 9.17) is 0 Å². The Bertz CT molecular complexity index is 508. The molecule has 0 aliphatic rings. The number of aliphatic hydroxyl groups excluding tert-OH is 1. The number of nitrogens with zero attached hydrogens (tertiary/aromatic N) is 1. The van der Waals surface area contributed by atoms with Gasteiger partial charge in [-0.15, -0.1) is 0 Å². The molecule has 2 N–H and O–H groups in total. The number of para-hydroxylation sites is 1. The maximum Gasteiger partial charge on any atom is 0.0702 e. The number of benzene rings is 1. The molecule has 0 aliphatic heterocycles. The molecule has 92 valence electrons. The lowest BCUT2D eigenvalue weighted by Crippen LogP contribution is -2.20. The number of aryl methyl sites for hydroxylation is 1. The van der Waals surface area contributed by atoms with Gasteiger partial charge < -0.3 is 14.8 Å². The average Bonchev–Trinajstić information content (AvgIpc) is 2.64. The molecule has 0 spiro atoms. The van der Waals surface area contributed by atoms with Gasteiger partial charge in [0.25, 0.3) is 0 Å². The maximum absolute atomic E-state index is 9.75. The summed E-state index contributed by atoms with van der Waals surface area (Å²) in [6.07, 6.45) is 2.66. The zero-order chi connectivity index (χ0) is 12.5. The van der Waals surface area contributed by atoms with Crippen molar-refractivity contribution in [1.29, 1.82) is 0 Å². The molecule has 3 nitrogen and oxygen atoms in total. The first-order valence-corrected chi connectivity index (χ1v) is 5.91. The van der Waals surface area contributed by atoms with Gasteiger partial charge in [0.1, 0.15) is 0 Å². The molecule has 1 aromatic carbocycles. The second-order valence-electron chi connectivity index (χ2n) is 5.09. The van der Waals surface area contributed by atoms with Crippen LogP contribution in [0.5, 0.6) is 0 Å². The van der Waals surface area contributed by atoms with Crippen molar-refractivity contribution in [2.24, 2.45) is 0 Å². The number of aromatic nitrogens is 1. The van der Waals surface area contributed by atoms with Crippen LogP contribution >= 0.6 is 0 Å². The predicted molar refractivity (Wildman–Crippen MR) is 68.8 cm³/mol. The highest BCUT2D eigenvalue weighted by molar-refractivity contribution is 5.83. The largest absolute Gasteiger partial charge is 0.392 e. The number of rotatable bonds is 4. The van der Waals surface area contributed by atoms with Gasteiger partial charge in [0, 0.05) is 29.2 Å². The molecule has 0 aliphatic carbocycles. The number of aliphatic hydroxyl groups is 2. The van der Waals surface area contributed by atoms with Crippen LogP contribution in [0.25, 0.3) is 10.9 Å². The van der Waals surface area contributed by atoms with E-state index in [0.29, 0.717) is 6.42 Å². The van der Waals surface area contributed by atoms with E-state index < -0.39 is 5.60 Å². The standard InChI is InChI=1S/C14H19NO2/c1-14(2,17)7-8-15-9-11(10-16)12-5-3-4-6-13(12)15/h3-6,9,16-17H,7-8,10H2,1-2H3. The Morgan fingerprint density at radius 3 is 2.59 bits per heavy atom. The minimum absolute atomic E-state index is 0.0516. The Kier molecular flexibility index (Phi) is 3.22. The average molecular weight is 233 g/mol. The van der Waals surface area contributed by atoms with E-state index in [0.717, 1.165) is 23.0 Å². The summed E-state index contributed by atoms with van der Waals surface area (Å²) in [7, 11) is 0. The SMILES string of the molecule is CC(C)(O)CCn1cc(CO)c2ccccc21. The number of hydrogen-bond donors (Lipinski definition) is 2. The lowest BCUT2D eigenvalue weighted by Gasteiger charge is -2.17. The summed E-state index contributed by atoms with van der Waals surface area (Å²) in [5.74, 6) is 0. The minimum Gasteiger partial charge on any atom is -0.392 e. The smallest absolute Gasteiger partial charge is 0.0702 e. The third-order valence-electron chi connectivity index (χ3n) is 3.01. The first kappa shape index (κ1) is 12.1. The van der Waals surface area contributed by atoms with Gasteiger partial charge in [-0.3, -0.25) is 0 Å². The molecule has 0 fully saturated rings. The summed E-state index contributed by atoms with van der Waals surface area (Å²) < 4.78 is 2.10. The van der Waals surface area contributed by atoms with Crippen LogP contribution in [0.4, 0.5) is 0 Å². The lowest BCUT2D eigenvalue weighted by molar-refractivity contribution is 0.0666. The molecule has 1 heterocycles. The maximum atomic E-state index is 9.75. The molecule has 0 saturated carbocycles. The quantitative estimate of drug-likeness (QED) is 0.851. The molecule has 0 radical (unpaired) electrons. The van der Waals surface area contributed by atoms with Crippen LogP contribution < -0.4 is 0 Å². The van der Waals surface area contributed by atoms with Crippen molar-refractivity contribution < 1.29 is 10.2 Å². The van der Waals surface area contributed by atoms with E-state index >= 15 is 0 Å². The topological polar surface area (TPSA) is 45.4 Å². The van der Waals surface area contributed by atoms with Crippen LogP contribution in [-0.4, -0.2) is 20.4 Å². The van der Waals surface area contributed by atoms with Crippen LogP contribution in [0.2, 0.25) is 0 Å². The van der Waals surface area contributed by atoms with E-state index in [1.54, 1.807) is 0 Å². The molecule has 0 bridgehead atoms. The van der Waals surface area contributed by atoms with E-state index in [1.165, 1.54) is 0 Å². The van der Waals surface area contributed by atoms with Crippen LogP contribution in [0.15, 0.2) is 30.5 Å². The highest BCUT2D eigenvalue weighted by atomic mass is 16.3. The van der Waals surface area contributed by atoms with Crippen molar-refractivity contribution in [2.75, 3.05) is 0 Å². The van der Waals surface area contributed by atoms with Gasteiger partial charge in [-0.2, -0.15) is 0 Å². The third kappa shape index (κ3) is 2.68. The Hall–Kier alpha value is -1.32. The van der Waals surface area contributed by atoms with Gasteiger partial charge >= 0.3 is 0 Å². The van der Waals surface area contributed by atoms with Crippen molar-refractivity contribution in [2.45, 2.75) is 39.0 Å². The van der Waals surface area contributed by atoms with Crippen LogP contribution in [0, 0.1) is 0 Å². The molecular weight excluding hydrogens is 214 g/mol. The summed E-state index contributed by atoms with van der Waals surface area (Å²) in [6.45, 7) is 4.43. The van der Waals surface area contributed by atoms with Gasteiger partial charge in [0.15, 0.2) is 0 Å². The summed E-state index contributed by atoms with van der Waals surface area (Å²) in [5, 5.41) is 20.2. The molecule has 1 aromatic heterocycles. The van der Waals surface area contributed by atoms with E-state index in [2.05, 4.69) is 4.57 Å². The molecule has 2 aromatic rings. The van der Waals surface area contributed by atoms with E-state index in [-0.39, 0.29) is 6.61 Å². The summed E-state index contributed by atoms with van der Waals surface area (Å²) >= 11 is 0. The Morgan fingerprint density at radius 2 is 1.94 bits per heavy atom. The molecule has 17 heavy (non-hydrogen) atoms.